The van der Waals surface area contributed by atoms with Crippen LogP contribution in [0.1, 0.15) is 29.0 Å². The second-order valence-corrected chi connectivity index (χ2v) is 9.63. The molecule has 3 atom stereocenters. The number of carbonyl (C=O) groups excluding carboxylic acids is 2. The van der Waals surface area contributed by atoms with Crippen molar-refractivity contribution in [2.75, 3.05) is 25.6 Å². The third-order valence-corrected chi connectivity index (χ3v) is 7.06. The summed E-state index contributed by atoms with van der Waals surface area (Å²) in [7, 11) is 1.25. The molecule has 10 nitrogen and oxygen atoms in total. The number of carboxylic acid groups (broad SMARTS) is 1. The number of para-hydroxylation sites is 1. The Morgan fingerprint density at radius 1 is 1.02 bits per heavy atom. The maximum atomic E-state index is 13.9. The maximum Gasteiger partial charge on any atom is 0.408 e. The van der Waals surface area contributed by atoms with E-state index in [1.165, 1.54) is 7.11 Å². The smallest absolute Gasteiger partial charge is 0.408 e. The molecule has 1 aliphatic heterocycles. The Kier molecular flexibility index (Phi) is 9.91. The van der Waals surface area contributed by atoms with Gasteiger partial charge in [-0.15, -0.1) is 0 Å². The molecular weight excluding hydrogens is 524 g/mol. The molecule has 4 rings (SSSR count). The standard InChI is InChI=1S/C31H32N4O6/c1-40-30(37)34-28(27(22-11-4-2-5-12-22)23-13-6-3-7-14-23)29(36)33-26-15-9-8-10-21(26)16-17-25-19-35(31(38)39)24(18-32)20-41-25/h2-15,24-25,27-28H,16-17,19-20H2,1H3,(H,33,36)(H,34,37)(H,38,39)/t24-,25-,28+/m1/s1. The van der Waals surface area contributed by atoms with E-state index < -0.39 is 42.2 Å². The average Bonchev–Trinajstić information content (AvgIpc) is 3.01. The minimum atomic E-state index is -1.16. The summed E-state index contributed by atoms with van der Waals surface area (Å²) in [5.41, 5.74) is 3.07. The number of aryl methyl sites for hydroxylation is 1. The lowest BCUT2D eigenvalue weighted by molar-refractivity contribution is -0.118. The molecule has 3 amide bonds. The highest BCUT2D eigenvalue weighted by Crippen LogP contribution is 2.30. The van der Waals surface area contributed by atoms with Gasteiger partial charge in [0.15, 0.2) is 0 Å². The van der Waals surface area contributed by atoms with Crippen LogP contribution in [0.15, 0.2) is 84.9 Å². The molecule has 0 aromatic heterocycles. The van der Waals surface area contributed by atoms with Crippen LogP contribution in [0, 0.1) is 11.3 Å². The molecule has 10 heteroatoms. The third-order valence-electron chi connectivity index (χ3n) is 7.06. The molecule has 1 fully saturated rings. The van der Waals surface area contributed by atoms with Gasteiger partial charge in [0, 0.05) is 11.6 Å². The van der Waals surface area contributed by atoms with E-state index in [-0.39, 0.29) is 13.2 Å². The number of methoxy groups -OCH3 is 1. The Bertz CT molecular complexity index is 1340. The topological polar surface area (TPSA) is 141 Å². The lowest BCUT2D eigenvalue weighted by Crippen LogP contribution is -2.51. The zero-order valence-electron chi connectivity index (χ0n) is 22.6. The van der Waals surface area contributed by atoms with Crippen molar-refractivity contribution in [3.63, 3.8) is 0 Å². The van der Waals surface area contributed by atoms with Crippen molar-refractivity contribution in [3.8, 4) is 6.07 Å². The molecule has 0 spiro atoms. The van der Waals surface area contributed by atoms with Crippen LogP contribution in [0.2, 0.25) is 0 Å². The Morgan fingerprint density at radius 3 is 2.22 bits per heavy atom. The number of benzene rings is 3. The van der Waals surface area contributed by atoms with Crippen LogP contribution >= 0.6 is 0 Å². The van der Waals surface area contributed by atoms with E-state index in [2.05, 4.69) is 10.6 Å². The normalized spacial score (nSPS) is 17.2. The van der Waals surface area contributed by atoms with Gasteiger partial charge in [0.2, 0.25) is 5.91 Å². The molecule has 212 valence electrons. The van der Waals surface area contributed by atoms with Gasteiger partial charge in [0.05, 0.1) is 32.4 Å². The molecule has 3 N–H and O–H groups in total. The highest BCUT2D eigenvalue weighted by molar-refractivity contribution is 5.98. The fraction of sp³-hybridized carbons (Fsp3) is 0.290. The van der Waals surface area contributed by atoms with E-state index in [9.17, 15) is 24.8 Å². The lowest BCUT2D eigenvalue weighted by Gasteiger charge is -2.34. The summed E-state index contributed by atoms with van der Waals surface area (Å²) in [5, 5.41) is 24.4. The number of morpholine rings is 1. The van der Waals surface area contributed by atoms with Crippen LogP contribution in [-0.2, 0) is 20.7 Å². The third kappa shape index (κ3) is 7.41. The van der Waals surface area contributed by atoms with Gasteiger partial charge >= 0.3 is 12.2 Å². The molecule has 1 aliphatic rings. The van der Waals surface area contributed by atoms with Crippen molar-refractivity contribution in [2.24, 2.45) is 0 Å². The van der Waals surface area contributed by atoms with Gasteiger partial charge < -0.3 is 25.2 Å². The van der Waals surface area contributed by atoms with Gasteiger partial charge in [0.1, 0.15) is 12.1 Å². The van der Waals surface area contributed by atoms with Crippen LogP contribution in [-0.4, -0.2) is 66.5 Å². The van der Waals surface area contributed by atoms with Gasteiger partial charge in [-0.3, -0.25) is 9.69 Å². The first-order chi connectivity index (χ1) is 19.9. The number of anilines is 1. The summed E-state index contributed by atoms with van der Waals surface area (Å²) >= 11 is 0. The zero-order valence-corrected chi connectivity index (χ0v) is 22.6. The first-order valence-corrected chi connectivity index (χ1v) is 13.2. The number of rotatable bonds is 9. The van der Waals surface area contributed by atoms with Crippen LogP contribution in [0.5, 0.6) is 0 Å². The molecule has 0 unspecified atom stereocenters. The van der Waals surface area contributed by atoms with Crippen molar-refractivity contribution in [3.05, 3.63) is 102 Å². The maximum absolute atomic E-state index is 13.9. The molecule has 0 radical (unpaired) electrons. The highest BCUT2D eigenvalue weighted by atomic mass is 16.5. The number of ether oxygens (including phenoxy) is 2. The van der Waals surface area contributed by atoms with Crippen LogP contribution in [0.3, 0.4) is 0 Å². The van der Waals surface area contributed by atoms with Gasteiger partial charge in [-0.05, 0) is 35.6 Å². The summed E-state index contributed by atoms with van der Waals surface area (Å²) in [5.74, 6) is -0.933. The van der Waals surface area contributed by atoms with E-state index in [0.717, 1.165) is 21.6 Å². The molecule has 3 aromatic carbocycles. The lowest BCUT2D eigenvalue weighted by atomic mass is 9.84. The van der Waals surface area contributed by atoms with Crippen LogP contribution < -0.4 is 10.6 Å². The number of amides is 3. The van der Waals surface area contributed by atoms with Crippen molar-refractivity contribution >= 4 is 23.8 Å². The Balaban J connectivity index is 1.56. The monoisotopic (exact) mass is 556 g/mol. The SMILES string of the molecule is COC(=O)N[C@H](C(=O)Nc1ccccc1CC[C@@H]1CN(C(=O)O)[C@H](C#N)CO1)C(c1ccccc1)c1ccccc1. The Hall–Kier alpha value is -4.88. The molecule has 1 saturated heterocycles. The average molecular weight is 557 g/mol. The molecule has 0 bridgehead atoms. The largest absolute Gasteiger partial charge is 0.465 e. The second-order valence-electron chi connectivity index (χ2n) is 9.63. The highest BCUT2D eigenvalue weighted by Gasteiger charge is 2.34. The van der Waals surface area contributed by atoms with Gasteiger partial charge in [-0.2, -0.15) is 5.26 Å². The van der Waals surface area contributed by atoms with Crippen molar-refractivity contribution in [1.29, 1.82) is 5.26 Å². The number of nitrogens with zero attached hydrogens (tertiary/aromatic N) is 2. The van der Waals surface area contributed by atoms with Crippen LogP contribution in [0.25, 0.3) is 0 Å². The van der Waals surface area contributed by atoms with Crippen molar-refractivity contribution < 1.29 is 29.0 Å². The number of nitriles is 1. The predicted molar refractivity (Wildman–Crippen MR) is 151 cm³/mol. The Morgan fingerprint density at radius 2 is 1.63 bits per heavy atom. The minimum absolute atomic E-state index is 0.00703. The van der Waals surface area contributed by atoms with Gasteiger partial charge in [-0.1, -0.05) is 78.9 Å². The number of hydrogen-bond donors (Lipinski definition) is 3. The van der Waals surface area contributed by atoms with Crippen molar-refractivity contribution in [1.82, 2.24) is 10.2 Å². The first kappa shape index (κ1) is 29.1. The summed E-state index contributed by atoms with van der Waals surface area (Å²) < 4.78 is 10.6. The molecule has 0 saturated carbocycles. The fourth-order valence-corrected chi connectivity index (χ4v) is 4.98. The van der Waals surface area contributed by atoms with E-state index >= 15 is 0 Å². The number of carbonyl (C=O) groups is 3. The van der Waals surface area contributed by atoms with Gasteiger partial charge in [0.25, 0.3) is 0 Å². The minimum Gasteiger partial charge on any atom is -0.465 e. The molecule has 3 aromatic rings. The Labute approximate surface area is 238 Å². The van der Waals surface area contributed by atoms with E-state index in [1.54, 1.807) is 12.1 Å². The van der Waals surface area contributed by atoms with E-state index in [4.69, 9.17) is 9.47 Å². The summed E-state index contributed by atoms with van der Waals surface area (Å²) in [6, 6.07) is 26.3. The predicted octanol–water partition coefficient (Wildman–Crippen LogP) is 4.39. The van der Waals surface area contributed by atoms with Gasteiger partial charge in [-0.25, -0.2) is 9.59 Å². The molecule has 41 heavy (non-hydrogen) atoms. The summed E-state index contributed by atoms with van der Waals surface area (Å²) in [6.07, 6.45) is -1.32. The summed E-state index contributed by atoms with van der Waals surface area (Å²) in [6.45, 7) is 0.0934. The summed E-state index contributed by atoms with van der Waals surface area (Å²) in [4.78, 5) is 39.0. The van der Waals surface area contributed by atoms with E-state index in [0.29, 0.717) is 18.5 Å². The number of alkyl carbamates (subject to hydrolysis) is 1. The van der Waals surface area contributed by atoms with E-state index in [1.807, 2.05) is 78.9 Å². The molecular formula is C31H32N4O6. The second kappa shape index (κ2) is 14.0. The quantitative estimate of drug-likeness (QED) is 0.355. The zero-order chi connectivity index (χ0) is 29.2. The number of nitrogens with one attached hydrogen (secondary N) is 2. The fourth-order valence-electron chi connectivity index (χ4n) is 4.98. The first-order valence-electron chi connectivity index (χ1n) is 13.2. The number of hydrogen-bond acceptors (Lipinski definition) is 6. The van der Waals surface area contributed by atoms with Crippen molar-refractivity contribution in [2.45, 2.75) is 36.9 Å². The molecule has 1 heterocycles. The molecule has 0 aliphatic carbocycles. The van der Waals surface area contributed by atoms with Crippen LogP contribution in [0.4, 0.5) is 15.3 Å².